The second-order valence-electron chi connectivity index (χ2n) is 5.61. The highest BCUT2D eigenvalue weighted by Crippen LogP contribution is 2.31. The Morgan fingerprint density at radius 1 is 1.22 bits per heavy atom. The summed E-state index contributed by atoms with van der Waals surface area (Å²) in [6.45, 7) is 1.64. The van der Waals surface area contributed by atoms with Gasteiger partial charge >= 0.3 is 12.4 Å². The van der Waals surface area contributed by atoms with Crippen LogP contribution in [0.25, 0.3) is 0 Å². The molecule has 0 bridgehead atoms. The van der Waals surface area contributed by atoms with Gasteiger partial charge in [0.15, 0.2) is 5.75 Å². The first-order valence-corrected chi connectivity index (χ1v) is 7.71. The first-order chi connectivity index (χ1) is 12.6. The van der Waals surface area contributed by atoms with Gasteiger partial charge in [-0.25, -0.2) is 4.79 Å². The van der Waals surface area contributed by atoms with E-state index in [1.807, 2.05) is 0 Å². The van der Waals surface area contributed by atoms with Crippen molar-refractivity contribution in [3.05, 3.63) is 64.2 Å². The van der Waals surface area contributed by atoms with Crippen LogP contribution in [0, 0.1) is 10.1 Å². The molecule has 144 valence electrons. The number of ether oxygens (including phenoxy) is 1. The van der Waals surface area contributed by atoms with Crippen LogP contribution >= 0.6 is 0 Å². The molecule has 1 unspecified atom stereocenters. The maximum Gasteiger partial charge on any atom is 0.573 e. The lowest BCUT2D eigenvalue weighted by atomic mass is 10.1. The van der Waals surface area contributed by atoms with Gasteiger partial charge in [0, 0.05) is 19.2 Å². The number of rotatable bonds is 5. The van der Waals surface area contributed by atoms with Crippen molar-refractivity contribution < 1.29 is 27.6 Å². The van der Waals surface area contributed by atoms with E-state index in [-0.39, 0.29) is 11.4 Å². The van der Waals surface area contributed by atoms with E-state index in [1.165, 1.54) is 48.3 Å². The number of nitrogens with zero attached hydrogens (tertiary/aromatic N) is 2. The molecule has 2 aromatic carbocycles. The minimum absolute atomic E-state index is 0.128. The standard InChI is InChI=1S/C17H16F3N3O4/c1-11(12-6-5-7-13(10-12)23(25)26)22(2)16(24)21-14-8-3-4-9-15(14)27-17(18,19)20/h3-11H,1-2H3,(H,21,24). The Kier molecular flexibility index (Phi) is 5.88. The average molecular weight is 383 g/mol. The third-order valence-electron chi connectivity index (χ3n) is 3.82. The topological polar surface area (TPSA) is 84.7 Å². The molecule has 0 aliphatic rings. The normalized spacial score (nSPS) is 12.2. The Hall–Kier alpha value is -3.30. The van der Waals surface area contributed by atoms with E-state index in [9.17, 15) is 28.1 Å². The lowest BCUT2D eigenvalue weighted by Gasteiger charge is -2.26. The van der Waals surface area contributed by atoms with Crippen LogP contribution in [-0.4, -0.2) is 29.3 Å². The molecule has 0 aliphatic heterocycles. The largest absolute Gasteiger partial charge is 0.573 e. The van der Waals surface area contributed by atoms with Crippen LogP contribution in [0.4, 0.5) is 29.3 Å². The quantitative estimate of drug-likeness (QED) is 0.598. The average Bonchev–Trinajstić information content (AvgIpc) is 2.61. The summed E-state index contributed by atoms with van der Waals surface area (Å²) >= 11 is 0. The fourth-order valence-corrected chi connectivity index (χ4v) is 2.28. The number of nitrogens with one attached hydrogen (secondary N) is 1. The van der Waals surface area contributed by atoms with Crippen molar-refractivity contribution >= 4 is 17.4 Å². The number of para-hydroxylation sites is 2. The van der Waals surface area contributed by atoms with Crippen LogP contribution in [-0.2, 0) is 0 Å². The number of amides is 2. The molecule has 0 aliphatic carbocycles. The molecule has 7 nitrogen and oxygen atoms in total. The molecule has 10 heteroatoms. The van der Waals surface area contributed by atoms with Gasteiger partial charge in [-0.1, -0.05) is 24.3 Å². The van der Waals surface area contributed by atoms with Gasteiger partial charge in [-0.05, 0) is 24.6 Å². The molecule has 27 heavy (non-hydrogen) atoms. The molecule has 2 aromatic rings. The summed E-state index contributed by atoms with van der Waals surface area (Å²) in [5, 5.41) is 13.2. The number of benzene rings is 2. The number of hydrogen-bond donors (Lipinski definition) is 1. The summed E-state index contributed by atoms with van der Waals surface area (Å²) in [6.07, 6.45) is -4.90. The Balaban J connectivity index is 2.16. The second kappa shape index (κ2) is 7.94. The van der Waals surface area contributed by atoms with Crippen LogP contribution in [0.5, 0.6) is 5.75 Å². The van der Waals surface area contributed by atoms with Crippen molar-refractivity contribution in [1.82, 2.24) is 4.90 Å². The zero-order chi connectivity index (χ0) is 20.2. The van der Waals surface area contributed by atoms with Crippen LogP contribution in [0.15, 0.2) is 48.5 Å². The third kappa shape index (κ3) is 5.33. The maximum absolute atomic E-state index is 12.5. The van der Waals surface area contributed by atoms with Crippen LogP contribution < -0.4 is 10.1 Å². The van der Waals surface area contributed by atoms with Crippen molar-refractivity contribution in [2.45, 2.75) is 19.3 Å². The van der Waals surface area contributed by atoms with E-state index in [0.717, 1.165) is 6.07 Å². The fourth-order valence-electron chi connectivity index (χ4n) is 2.28. The Morgan fingerprint density at radius 3 is 2.52 bits per heavy atom. The van der Waals surface area contributed by atoms with E-state index >= 15 is 0 Å². The zero-order valence-corrected chi connectivity index (χ0v) is 14.4. The van der Waals surface area contributed by atoms with E-state index in [1.54, 1.807) is 13.0 Å². The van der Waals surface area contributed by atoms with Crippen LogP contribution in [0.1, 0.15) is 18.5 Å². The predicted molar refractivity (Wildman–Crippen MR) is 91.4 cm³/mol. The highest BCUT2D eigenvalue weighted by Gasteiger charge is 2.32. The van der Waals surface area contributed by atoms with Crippen molar-refractivity contribution in [1.29, 1.82) is 0 Å². The van der Waals surface area contributed by atoms with Gasteiger partial charge in [0.2, 0.25) is 0 Å². The molecule has 0 aromatic heterocycles. The number of carbonyl (C=O) groups excluding carboxylic acids is 1. The Labute approximate surface area is 152 Å². The molecule has 1 atom stereocenters. The van der Waals surface area contributed by atoms with E-state index < -0.39 is 29.1 Å². The SMILES string of the molecule is CC(c1cccc([N+](=O)[O-])c1)N(C)C(=O)Nc1ccccc1OC(F)(F)F. The Bertz CT molecular complexity index is 842. The van der Waals surface area contributed by atoms with Crippen molar-refractivity contribution in [2.75, 3.05) is 12.4 Å². The second-order valence-corrected chi connectivity index (χ2v) is 5.61. The molecule has 0 fully saturated rings. The number of nitro groups is 1. The highest BCUT2D eigenvalue weighted by molar-refractivity contribution is 5.91. The number of nitro benzene ring substituents is 1. The predicted octanol–water partition coefficient (Wildman–Crippen LogP) is 4.72. The van der Waals surface area contributed by atoms with Gasteiger partial charge in [-0.2, -0.15) is 0 Å². The number of alkyl halides is 3. The smallest absolute Gasteiger partial charge is 0.404 e. The van der Waals surface area contributed by atoms with E-state index in [0.29, 0.717) is 5.56 Å². The number of carbonyl (C=O) groups is 1. The molecule has 0 saturated carbocycles. The molecule has 0 spiro atoms. The van der Waals surface area contributed by atoms with Crippen molar-refractivity contribution in [2.24, 2.45) is 0 Å². The summed E-state index contributed by atoms with van der Waals surface area (Å²) in [5.41, 5.74) is 0.219. The van der Waals surface area contributed by atoms with Gasteiger partial charge in [-0.15, -0.1) is 13.2 Å². The zero-order valence-electron chi connectivity index (χ0n) is 14.4. The fraction of sp³-hybridized carbons (Fsp3) is 0.235. The first-order valence-electron chi connectivity index (χ1n) is 7.71. The first kappa shape index (κ1) is 20.0. The number of halogens is 3. The summed E-state index contributed by atoms with van der Waals surface area (Å²) in [7, 11) is 1.42. The molecule has 1 N–H and O–H groups in total. The van der Waals surface area contributed by atoms with E-state index in [2.05, 4.69) is 10.1 Å². The number of anilines is 1. The van der Waals surface area contributed by atoms with Crippen molar-refractivity contribution in [3.8, 4) is 5.75 Å². The molecular formula is C17H16F3N3O4. The molecule has 0 saturated heterocycles. The minimum Gasteiger partial charge on any atom is -0.404 e. The van der Waals surface area contributed by atoms with Crippen molar-refractivity contribution in [3.63, 3.8) is 0 Å². The van der Waals surface area contributed by atoms with Gasteiger partial charge in [0.05, 0.1) is 16.7 Å². The van der Waals surface area contributed by atoms with Gasteiger partial charge in [0.1, 0.15) is 0 Å². The van der Waals surface area contributed by atoms with Gasteiger partial charge < -0.3 is 15.0 Å². The van der Waals surface area contributed by atoms with Crippen LogP contribution in [0.2, 0.25) is 0 Å². The van der Waals surface area contributed by atoms with E-state index in [4.69, 9.17) is 0 Å². The summed E-state index contributed by atoms with van der Waals surface area (Å²) in [5.74, 6) is -0.547. The molecule has 0 radical (unpaired) electrons. The Morgan fingerprint density at radius 2 is 1.89 bits per heavy atom. The molecule has 2 rings (SSSR count). The lowest BCUT2D eigenvalue weighted by molar-refractivity contribution is -0.384. The molecular weight excluding hydrogens is 367 g/mol. The number of hydrogen-bond acceptors (Lipinski definition) is 4. The monoisotopic (exact) mass is 383 g/mol. The highest BCUT2D eigenvalue weighted by atomic mass is 19.4. The van der Waals surface area contributed by atoms with Crippen LogP contribution in [0.3, 0.4) is 0 Å². The minimum atomic E-state index is -4.90. The maximum atomic E-state index is 12.5. The lowest BCUT2D eigenvalue weighted by Crippen LogP contribution is -2.34. The number of urea groups is 1. The summed E-state index contributed by atoms with van der Waals surface area (Å²) in [6, 6.07) is 9.61. The summed E-state index contributed by atoms with van der Waals surface area (Å²) in [4.78, 5) is 23.9. The van der Waals surface area contributed by atoms with Gasteiger partial charge in [-0.3, -0.25) is 10.1 Å². The third-order valence-corrected chi connectivity index (χ3v) is 3.82. The molecule has 0 heterocycles. The number of non-ortho nitro benzene ring substituents is 1. The molecule has 2 amide bonds. The van der Waals surface area contributed by atoms with Gasteiger partial charge in [0.25, 0.3) is 5.69 Å². The summed E-state index contributed by atoms with van der Waals surface area (Å²) < 4.78 is 41.3.